The fourth-order valence-electron chi connectivity index (χ4n) is 3.40. The molecule has 184 valence electrons. The standard InChI is InChI=1S/C15H11ClN2O2.C9H10ClNO.C2H7N/c1-20-12-5-4-10-7-11(9-19)18(14(10)8-12)15-13(16)3-2-6-17-15;1-6-3-8(10)4-7(5-12)9(6)11-2;1-3-2/h2-9H,1H3;3-5,11H,1-2H3;3H,1-2H3. The number of aromatic nitrogens is 2. The molecule has 4 aromatic rings. The lowest BCUT2D eigenvalue weighted by molar-refractivity contribution is 0.111. The Hall–Kier alpha value is -3.39. The van der Waals surface area contributed by atoms with Crippen LogP contribution in [0.3, 0.4) is 0 Å². The molecule has 0 saturated carbocycles. The van der Waals surface area contributed by atoms with Gasteiger partial charge in [0.15, 0.2) is 18.4 Å². The average molecular weight is 515 g/mol. The van der Waals surface area contributed by atoms with Crippen LogP contribution in [-0.4, -0.2) is 50.4 Å². The minimum atomic E-state index is 0.482. The number of carbonyl (C=O) groups excluding carboxylic acids is 2. The van der Waals surface area contributed by atoms with Crippen molar-refractivity contribution in [1.29, 1.82) is 0 Å². The predicted molar refractivity (Wildman–Crippen MR) is 144 cm³/mol. The normalized spacial score (nSPS) is 9.91. The first-order valence-electron chi connectivity index (χ1n) is 10.6. The lowest BCUT2D eigenvalue weighted by atomic mass is 10.1. The predicted octanol–water partition coefficient (Wildman–Crippen LogP) is 5.84. The van der Waals surface area contributed by atoms with Gasteiger partial charge in [0.25, 0.3) is 0 Å². The molecule has 7 nitrogen and oxygen atoms in total. The van der Waals surface area contributed by atoms with Crippen molar-refractivity contribution in [1.82, 2.24) is 14.9 Å². The zero-order valence-electron chi connectivity index (χ0n) is 20.2. The number of ether oxygens (including phenoxy) is 1. The summed E-state index contributed by atoms with van der Waals surface area (Å²) >= 11 is 12.0. The summed E-state index contributed by atoms with van der Waals surface area (Å²) in [5, 5.41) is 7.70. The maximum atomic E-state index is 11.3. The molecule has 9 heteroatoms. The van der Waals surface area contributed by atoms with Gasteiger partial charge in [-0.05, 0) is 69.0 Å². The number of hydrogen-bond acceptors (Lipinski definition) is 6. The maximum absolute atomic E-state index is 11.3. The number of nitrogens with zero attached hydrogens (tertiary/aromatic N) is 2. The van der Waals surface area contributed by atoms with Gasteiger partial charge in [0.2, 0.25) is 0 Å². The van der Waals surface area contributed by atoms with E-state index in [1.807, 2.05) is 45.3 Å². The van der Waals surface area contributed by atoms with Crippen LogP contribution in [0.4, 0.5) is 5.69 Å². The van der Waals surface area contributed by atoms with E-state index in [0.717, 1.165) is 34.7 Å². The fourth-order valence-corrected chi connectivity index (χ4v) is 3.88. The van der Waals surface area contributed by atoms with Crippen LogP contribution in [0.25, 0.3) is 16.7 Å². The van der Waals surface area contributed by atoms with Gasteiger partial charge >= 0.3 is 0 Å². The Morgan fingerprint density at radius 2 is 1.71 bits per heavy atom. The van der Waals surface area contributed by atoms with Crippen molar-refractivity contribution < 1.29 is 14.3 Å². The molecule has 2 aromatic carbocycles. The first kappa shape index (κ1) is 27.9. The molecule has 0 spiro atoms. The molecule has 0 aliphatic heterocycles. The Morgan fingerprint density at radius 1 is 1.00 bits per heavy atom. The first-order chi connectivity index (χ1) is 16.8. The molecular formula is C26H28Cl2N4O3. The van der Waals surface area contributed by atoms with Crippen LogP contribution in [0, 0.1) is 6.92 Å². The summed E-state index contributed by atoms with van der Waals surface area (Å²) < 4.78 is 6.96. The molecule has 2 N–H and O–H groups in total. The van der Waals surface area contributed by atoms with Crippen LogP contribution in [0.1, 0.15) is 26.4 Å². The summed E-state index contributed by atoms with van der Waals surface area (Å²) in [5.74, 6) is 1.24. The number of nitrogens with one attached hydrogen (secondary N) is 2. The molecule has 0 radical (unpaired) electrons. The molecule has 0 aliphatic carbocycles. The summed E-state index contributed by atoms with van der Waals surface area (Å²) in [5.41, 5.74) is 3.74. The number of carbonyl (C=O) groups is 2. The molecule has 0 saturated heterocycles. The average Bonchev–Trinajstić information content (AvgIpc) is 3.22. The lowest BCUT2D eigenvalue weighted by Gasteiger charge is -2.09. The zero-order chi connectivity index (χ0) is 26.0. The van der Waals surface area contributed by atoms with Gasteiger partial charge in [-0.25, -0.2) is 4.98 Å². The molecule has 0 bridgehead atoms. The summed E-state index contributed by atoms with van der Waals surface area (Å²) in [6, 6.07) is 14.4. The van der Waals surface area contributed by atoms with E-state index < -0.39 is 0 Å². The molecule has 0 unspecified atom stereocenters. The van der Waals surface area contributed by atoms with Crippen LogP contribution < -0.4 is 15.4 Å². The van der Waals surface area contributed by atoms with Crippen molar-refractivity contribution in [3.05, 3.63) is 81.6 Å². The highest BCUT2D eigenvalue weighted by Gasteiger charge is 2.14. The highest BCUT2D eigenvalue weighted by molar-refractivity contribution is 6.32. The highest BCUT2D eigenvalue weighted by atomic mass is 35.5. The summed E-state index contributed by atoms with van der Waals surface area (Å²) in [7, 11) is 7.13. The lowest BCUT2D eigenvalue weighted by Crippen LogP contribution is -2.02. The summed E-state index contributed by atoms with van der Waals surface area (Å²) in [6.07, 6.45) is 3.23. The molecule has 0 atom stereocenters. The third-order valence-electron chi connectivity index (χ3n) is 4.82. The number of pyridine rings is 1. The number of fused-ring (bicyclic) bond motifs is 1. The van der Waals surface area contributed by atoms with Crippen molar-refractivity contribution in [2.45, 2.75) is 6.92 Å². The van der Waals surface area contributed by atoms with Crippen LogP contribution in [-0.2, 0) is 0 Å². The summed E-state index contributed by atoms with van der Waals surface area (Å²) in [6.45, 7) is 1.91. The molecular weight excluding hydrogens is 487 g/mol. The van der Waals surface area contributed by atoms with E-state index in [0.29, 0.717) is 32.9 Å². The zero-order valence-corrected chi connectivity index (χ0v) is 21.7. The van der Waals surface area contributed by atoms with Gasteiger partial charge in [-0.1, -0.05) is 23.2 Å². The van der Waals surface area contributed by atoms with Gasteiger partial charge in [0, 0.05) is 41.0 Å². The molecule has 0 aliphatic rings. The molecule has 35 heavy (non-hydrogen) atoms. The van der Waals surface area contributed by atoms with Crippen LogP contribution in [0.15, 0.2) is 54.7 Å². The molecule has 2 heterocycles. The van der Waals surface area contributed by atoms with Gasteiger partial charge < -0.3 is 15.4 Å². The van der Waals surface area contributed by atoms with Crippen molar-refractivity contribution in [3.8, 4) is 11.6 Å². The van der Waals surface area contributed by atoms with Gasteiger partial charge in [0.1, 0.15) is 5.75 Å². The maximum Gasteiger partial charge on any atom is 0.166 e. The van der Waals surface area contributed by atoms with E-state index in [9.17, 15) is 9.59 Å². The number of benzene rings is 2. The second kappa shape index (κ2) is 13.5. The SMILES string of the molecule is CNC.CNc1c(C)cc(Cl)cc1C=O.COc1ccc2cc(C=O)n(-c3ncccc3Cl)c2c1. The van der Waals surface area contributed by atoms with E-state index in [1.54, 1.807) is 49.2 Å². The second-order valence-corrected chi connectivity index (χ2v) is 8.15. The third-order valence-corrected chi connectivity index (χ3v) is 5.33. The Kier molecular flexibility index (Phi) is 10.7. The van der Waals surface area contributed by atoms with Gasteiger partial charge in [0.05, 0.1) is 23.3 Å². The molecule has 2 aromatic heterocycles. The Balaban J connectivity index is 0.000000246. The van der Waals surface area contributed by atoms with Crippen molar-refractivity contribution in [2.24, 2.45) is 0 Å². The minimum Gasteiger partial charge on any atom is -0.497 e. The number of aldehydes is 2. The first-order valence-corrected chi connectivity index (χ1v) is 11.4. The van der Waals surface area contributed by atoms with E-state index >= 15 is 0 Å². The van der Waals surface area contributed by atoms with Crippen LogP contribution in [0.2, 0.25) is 10.0 Å². The fraction of sp³-hybridized carbons (Fsp3) is 0.192. The molecule has 0 amide bonds. The largest absolute Gasteiger partial charge is 0.497 e. The topological polar surface area (TPSA) is 85.3 Å². The van der Waals surface area contributed by atoms with Crippen LogP contribution >= 0.6 is 23.2 Å². The monoisotopic (exact) mass is 514 g/mol. The van der Waals surface area contributed by atoms with Crippen LogP contribution in [0.5, 0.6) is 5.75 Å². The smallest absolute Gasteiger partial charge is 0.166 e. The highest BCUT2D eigenvalue weighted by Crippen LogP contribution is 2.29. The second-order valence-electron chi connectivity index (χ2n) is 7.31. The third kappa shape index (κ3) is 6.82. The van der Waals surface area contributed by atoms with E-state index in [4.69, 9.17) is 27.9 Å². The van der Waals surface area contributed by atoms with Crippen molar-refractivity contribution in [2.75, 3.05) is 33.6 Å². The molecule has 4 rings (SSSR count). The Bertz CT molecular complexity index is 1310. The van der Waals surface area contributed by atoms with E-state index in [1.165, 1.54) is 0 Å². The molecule has 0 fully saturated rings. The van der Waals surface area contributed by atoms with E-state index in [-0.39, 0.29) is 0 Å². The number of rotatable bonds is 5. The number of methoxy groups -OCH3 is 1. The Labute approximate surface area is 215 Å². The quantitative estimate of drug-likeness (QED) is 0.325. The summed E-state index contributed by atoms with van der Waals surface area (Å²) in [4.78, 5) is 26.2. The van der Waals surface area contributed by atoms with Gasteiger partial charge in [-0.15, -0.1) is 0 Å². The number of halogens is 2. The number of aryl methyl sites for hydroxylation is 1. The minimum absolute atomic E-state index is 0.482. The number of anilines is 1. The van der Waals surface area contributed by atoms with Crippen molar-refractivity contribution in [3.63, 3.8) is 0 Å². The Morgan fingerprint density at radius 3 is 2.29 bits per heavy atom. The van der Waals surface area contributed by atoms with Gasteiger partial charge in [-0.2, -0.15) is 0 Å². The van der Waals surface area contributed by atoms with Gasteiger partial charge in [-0.3, -0.25) is 14.2 Å². The van der Waals surface area contributed by atoms with Crippen molar-refractivity contribution >= 4 is 52.4 Å². The van der Waals surface area contributed by atoms with E-state index in [2.05, 4.69) is 15.6 Å². The number of hydrogen-bond donors (Lipinski definition) is 2.